The second kappa shape index (κ2) is 9.56. The highest BCUT2D eigenvalue weighted by Crippen LogP contribution is 2.30. The maximum atomic E-state index is 12.2. The van der Waals surface area contributed by atoms with Crippen molar-refractivity contribution < 1.29 is 52.5 Å². The number of aryl methyl sites for hydroxylation is 1. The van der Waals surface area contributed by atoms with Gasteiger partial charge in [0.25, 0.3) is 15.9 Å². The molecule has 6 atom stereocenters. The molecule has 0 saturated carbocycles. The van der Waals surface area contributed by atoms with Crippen molar-refractivity contribution in [1.82, 2.24) is 5.32 Å². The molecule has 3 unspecified atom stereocenters. The minimum absolute atomic E-state index is 0.194. The Morgan fingerprint density at radius 1 is 1.29 bits per heavy atom. The maximum absolute atomic E-state index is 12.2. The minimum Gasteiger partial charge on any atom is -0.477 e. The lowest BCUT2D eigenvalue weighted by Gasteiger charge is -2.44. The Labute approximate surface area is 178 Å². The van der Waals surface area contributed by atoms with E-state index in [0.29, 0.717) is 0 Å². The van der Waals surface area contributed by atoms with Crippen molar-refractivity contribution in [3.8, 4) is 0 Å². The second-order valence-corrected chi connectivity index (χ2v) is 8.89. The largest absolute Gasteiger partial charge is 0.477 e. The first-order valence-electron chi connectivity index (χ1n) is 9.18. The van der Waals surface area contributed by atoms with E-state index in [0.717, 1.165) is 12.5 Å². The number of hydrogen-bond donors (Lipinski definition) is 6. The molecule has 1 heterocycles. The van der Waals surface area contributed by atoms with Gasteiger partial charge in [-0.15, -0.1) is 0 Å². The molecule has 0 bridgehead atoms. The minimum atomic E-state index is -4.29. The molecule has 1 aromatic rings. The lowest BCUT2D eigenvalue weighted by Crippen LogP contribution is -2.67. The second-order valence-electron chi connectivity index (χ2n) is 7.28. The number of aliphatic hydroxyl groups is 4. The number of aliphatic carboxylic acids is 1. The van der Waals surface area contributed by atoms with Crippen molar-refractivity contribution in [2.24, 2.45) is 0 Å². The molecule has 1 aromatic carbocycles. The van der Waals surface area contributed by atoms with E-state index in [1.165, 1.54) is 24.3 Å². The van der Waals surface area contributed by atoms with Gasteiger partial charge in [-0.05, 0) is 19.1 Å². The standard InChI is InChI=1S/C18H25NO11S/c1-9-3-5-11(6-4-9)31(27,28)29-8-13(22)15(23)16-14(19-10(2)20)12(21)7-18(26,30-16)17(24)25/h3-6,12-16,21-23,26H,7-8H2,1-2H3,(H,19,20)(H,24,25)/t12?,13-,14?,15-,16?,18+/m1/s1. The van der Waals surface area contributed by atoms with Crippen molar-refractivity contribution >= 4 is 22.0 Å². The van der Waals surface area contributed by atoms with Crippen LogP contribution in [0.2, 0.25) is 0 Å². The van der Waals surface area contributed by atoms with Gasteiger partial charge >= 0.3 is 5.97 Å². The molecule has 174 valence electrons. The van der Waals surface area contributed by atoms with Gasteiger partial charge in [-0.2, -0.15) is 8.42 Å². The summed E-state index contributed by atoms with van der Waals surface area (Å²) in [5.74, 6) is -5.44. The molecule has 1 saturated heterocycles. The van der Waals surface area contributed by atoms with Crippen molar-refractivity contribution in [2.75, 3.05) is 6.61 Å². The molecule has 0 spiro atoms. The first kappa shape index (κ1) is 25.1. The molecule has 0 aromatic heterocycles. The van der Waals surface area contributed by atoms with Crippen molar-refractivity contribution in [2.45, 2.75) is 61.4 Å². The van der Waals surface area contributed by atoms with E-state index in [9.17, 15) is 38.4 Å². The van der Waals surface area contributed by atoms with E-state index < -0.39 is 71.3 Å². The molecular formula is C18H25NO11S. The summed E-state index contributed by atoms with van der Waals surface area (Å²) >= 11 is 0. The topological polar surface area (TPSA) is 200 Å². The summed E-state index contributed by atoms with van der Waals surface area (Å²) in [4.78, 5) is 22.5. The fourth-order valence-corrected chi connectivity index (χ4v) is 3.98. The predicted octanol–water partition coefficient (Wildman–Crippen LogP) is -2.15. The average Bonchev–Trinajstić information content (AvgIpc) is 2.67. The van der Waals surface area contributed by atoms with Gasteiger partial charge in [0.15, 0.2) is 0 Å². The van der Waals surface area contributed by atoms with Gasteiger partial charge < -0.3 is 35.6 Å². The lowest BCUT2D eigenvalue weighted by atomic mass is 9.88. The Morgan fingerprint density at radius 2 is 1.87 bits per heavy atom. The highest BCUT2D eigenvalue weighted by molar-refractivity contribution is 7.86. The number of carboxylic acids is 1. The molecule has 1 amide bonds. The zero-order valence-electron chi connectivity index (χ0n) is 16.7. The lowest BCUT2D eigenvalue weighted by molar-refractivity contribution is -0.294. The van der Waals surface area contributed by atoms with E-state index in [4.69, 9.17) is 14.0 Å². The number of carbonyl (C=O) groups excluding carboxylic acids is 1. The smallest absolute Gasteiger partial charge is 0.364 e. The van der Waals surface area contributed by atoms with Crippen molar-refractivity contribution in [3.63, 3.8) is 0 Å². The van der Waals surface area contributed by atoms with E-state index >= 15 is 0 Å². The molecule has 1 aliphatic heterocycles. The third-order valence-electron chi connectivity index (χ3n) is 4.72. The van der Waals surface area contributed by atoms with Gasteiger partial charge in [0.05, 0.1) is 23.6 Å². The number of benzene rings is 1. The van der Waals surface area contributed by atoms with Crippen LogP contribution in [0.25, 0.3) is 0 Å². The fraction of sp³-hybridized carbons (Fsp3) is 0.556. The van der Waals surface area contributed by atoms with Gasteiger partial charge in [0.2, 0.25) is 5.91 Å². The molecule has 12 nitrogen and oxygen atoms in total. The van der Waals surface area contributed by atoms with Crippen molar-refractivity contribution in [3.05, 3.63) is 29.8 Å². The number of hydrogen-bond acceptors (Lipinski definition) is 10. The molecule has 1 fully saturated rings. The average molecular weight is 463 g/mol. The number of ether oxygens (including phenoxy) is 1. The Kier molecular flexibility index (Phi) is 7.75. The van der Waals surface area contributed by atoms with Gasteiger partial charge in [-0.3, -0.25) is 8.98 Å². The van der Waals surface area contributed by atoms with Crippen LogP contribution in [0.1, 0.15) is 18.9 Å². The van der Waals surface area contributed by atoms with Crippen molar-refractivity contribution in [1.29, 1.82) is 0 Å². The Hall–Kier alpha value is -2.13. The fourth-order valence-electron chi connectivity index (χ4n) is 3.06. The highest BCUT2D eigenvalue weighted by Gasteiger charge is 2.54. The zero-order valence-corrected chi connectivity index (χ0v) is 17.5. The van der Waals surface area contributed by atoms with Crippen LogP contribution < -0.4 is 5.32 Å². The van der Waals surface area contributed by atoms with E-state index in [2.05, 4.69) is 5.32 Å². The molecule has 1 aliphatic rings. The molecule has 2 rings (SSSR count). The molecule has 13 heteroatoms. The van der Waals surface area contributed by atoms with Crippen LogP contribution in [-0.2, 0) is 28.6 Å². The Bertz CT molecular complexity index is 904. The first-order valence-corrected chi connectivity index (χ1v) is 10.6. The predicted molar refractivity (Wildman–Crippen MR) is 102 cm³/mol. The van der Waals surface area contributed by atoms with E-state index in [-0.39, 0.29) is 4.90 Å². The maximum Gasteiger partial charge on any atom is 0.364 e. The Morgan fingerprint density at radius 3 is 2.39 bits per heavy atom. The van der Waals surface area contributed by atoms with Crippen LogP contribution in [0.15, 0.2) is 29.2 Å². The number of carbonyl (C=O) groups is 2. The summed E-state index contributed by atoms with van der Waals surface area (Å²) in [6, 6.07) is 4.23. The summed E-state index contributed by atoms with van der Waals surface area (Å²) in [5, 5.41) is 52.4. The van der Waals surface area contributed by atoms with Gasteiger partial charge in [0.1, 0.15) is 18.3 Å². The van der Waals surface area contributed by atoms with Gasteiger partial charge in [-0.1, -0.05) is 17.7 Å². The first-order chi connectivity index (χ1) is 14.3. The monoisotopic (exact) mass is 463 g/mol. The summed E-state index contributed by atoms with van der Waals surface area (Å²) in [6.07, 6.45) is -8.31. The van der Waals surface area contributed by atoms with Gasteiger partial charge in [0, 0.05) is 13.3 Å². The quantitative estimate of drug-likeness (QED) is 0.230. The number of aliphatic hydroxyl groups excluding tert-OH is 3. The van der Waals surface area contributed by atoms with Crippen LogP contribution in [-0.4, -0.2) is 88.7 Å². The van der Waals surface area contributed by atoms with E-state index in [1.807, 2.05) is 0 Å². The Balaban J connectivity index is 2.17. The SMILES string of the molecule is CC(=O)NC1C(O)C[C@@](O)(C(=O)O)OC1[C@H](O)[C@H](O)COS(=O)(=O)c1ccc(C)cc1. The molecule has 0 radical (unpaired) electrons. The third kappa shape index (κ3) is 5.98. The summed E-state index contributed by atoms with van der Waals surface area (Å²) in [6.45, 7) is 1.88. The summed E-state index contributed by atoms with van der Waals surface area (Å²) in [7, 11) is -4.29. The summed E-state index contributed by atoms with van der Waals surface area (Å²) < 4.78 is 34.2. The van der Waals surface area contributed by atoms with Crippen LogP contribution in [0.3, 0.4) is 0 Å². The van der Waals surface area contributed by atoms with Crippen LogP contribution in [0, 0.1) is 6.92 Å². The highest BCUT2D eigenvalue weighted by atomic mass is 32.2. The van der Waals surface area contributed by atoms with Crippen LogP contribution in [0.4, 0.5) is 0 Å². The molecular weight excluding hydrogens is 438 g/mol. The molecule has 0 aliphatic carbocycles. The van der Waals surface area contributed by atoms with E-state index in [1.54, 1.807) is 6.92 Å². The van der Waals surface area contributed by atoms with Crippen LogP contribution in [0.5, 0.6) is 0 Å². The molecule has 6 N–H and O–H groups in total. The van der Waals surface area contributed by atoms with Gasteiger partial charge in [-0.25, -0.2) is 4.79 Å². The zero-order chi connectivity index (χ0) is 23.6. The summed E-state index contributed by atoms with van der Waals surface area (Å²) in [5.41, 5.74) is 0.803. The third-order valence-corrected chi connectivity index (χ3v) is 6.02. The molecule has 31 heavy (non-hydrogen) atoms. The number of rotatable bonds is 8. The number of amides is 1. The normalized spacial score (nSPS) is 28.5. The number of nitrogens with one attached hydrogen (secondary N) is 1. The number of carboxylic acid groups (broad SMARTS) is 1. The van der Waals surface area contributed by atoms with Crippen LogP contribution >= 0.6 is 0 Å².